The van der Waals surface area contributed by atoms with E-state index in [1.54, 1.807) is 6.20 Å². The lowest BCUT2D eigenvalue weighted by Gasteiger charge is -2.39. The van der Waals surface area contributed by atoms with Gasteiger partial charge in [0, 0.05) is 62.5 Å². The van der Waals surface area contributed by atoms with Gasteiger partial charge in [0.25, 0.3) is 0 Å². The number of nitrogens with one attached hydrogen (secondary N) is 1. The fourth-order valence-electron chi connectivity index (χ4n) is 6.75. The number of benzene rings is 1. The van der Waals surface area contributed by atoms with Crippen molar-refractivity contribution in [1.29, 1.82) is 0 Å². The largest absolute Gasteiger partial charge is 0.342 e. The van der Waals surface area contributed by atoms with Gasteiger partial charge in [-0.15, -0.1) is 0 Å². The lowest BCUT2D eigenvalue weighted by molar-refractivity contribution is -0.131. The standard InChI is InChI=1S/C28H34N4O2/c33-27(14-24-13-19-3-4-21(24)12-19)31-11-9-23(16-31)20-5-7-26(8-6-20)30-28(34)32-17-25(18-32)22-2-1-10-29-15-22/h1-2,5-8,10,15,19,21,23-25H,3-4,9,11-14,16-18H2,(H,30,34)/t19-,21+,23?,24?/m1/s1. The third kappa shape index (κ3) is 4.30. The van der Waals surface area contributed by atoms with Gasteiger partial charge in [-0.2, -0.15) is 0 Å². The molecule has 2 aliphatic carbocycles. The normalized spacial score (nSPS) is 28.2. The van der Waals surface area contributed by atoms with Crippen molar-refractivity contribution in [3.8, 4) is 0 Å². The van der Waals surface area contributed by atoms with Crippen molar-refractivity contribution in [3.63, 3.8) is 0 Å². The highest BCUT2D eigenvalue weighted by Gasteiger charge is 2.41. The van der Waals surface area contributed by atoms with Crippen molar-refractivity contribution < 1.29 is 9.59 Å². The van der Waals surface area contributed by atoms with Gasteiger partial charge in [-0.3, -0.25) is 9.78 Å². The zero-order valence-corrected chi connectivity index (χ0v) is 19.7. The van der Waals surface area contributed by atoms with Crippen LogP contribution in [-0.2, 0) is 4.79 Å². The summed E-state index contributed by atoms with van der Waals surface area (Å²) in [4.78, 5) is 33.6. The Morgan fingerprint density at radius 3 is 2.44 bits per heavy atom. The second kappa shape index (κ2) is 9.05. The van der Waals surface area contributed by atoms with Crippen LogP contribution in [0.1, 0.15) is 61.5 Å². The third-order valence-corrected chi connectivity index (χ3v) is 8.82. The SMILES string of the molecule is O=C(CC1C[C@@H]2CC[C@H]1C2)N1CCC(c2ccc(NC(=O)N3CC(c4cccnc4)C3)cc2)C1. The zero-order chi connectivity index (χ0) is 23.1. The number of rotatable bonds is 5. The Morgan fingerprint density at radius 2 is 1.74 bits per heavy atom. The summed E-state index contributed by atoms with van der Waals surface area (Å²) in [5, 5.41) is 3.02. The van der Waals surface area contributed by atoms with Gasteiger partial charge < -0.3 is 15.1 Å². The maximum absolute atomic E-state index is 12.9. The number of aromatic nitrogens is 1. The number of fused-ring (bicyclic) bond motifs is 2. The van der Waals surface area contributed by atoms with Crippen LogP contribution in [0.15, 0.2) is 48.8 Å². The maximum Gasteiger partial charge on any atom is 0.321 e. The highest BCUT2D eigenvalue weighted by Crippen LogP contribution is 2.49. The molecule has 178 valence electrons. The van der Waals surface area contributed by atoms with Gasteiger partial charge in [0.1, 0.15) is 0 Å². The summed E-state index contributed by atoms with van der Waals surface area (Å²) in [6.07, 6.45) is 10.8. The molecule has 6 heteroatoms. The molecule has 1 aromatic carbocycles. The lowest BCUT2D eigenvalue weighted by Crippen LogP contribution is -2.50. The van der Waals surface area contributed by atoms with Crippen molar-refractivity contribution in [2.45, 2.75) is 50.4 Å². The van der Waals surface area contributed by atoms with Crippen molar-refractivity contribution in [2.75, 3.05) is 31.5 Å². The summed E-state index contributed by atoms with van der Waals surface area (Å²) < 4.78 is 0. The second-order valence-corrected chi connectivity index (χ2v) is 10.9. The second-order valence-electron chi connectivity index (χ2n) is 10.9. The summed E-state index contributed by atoms with van der Waals surface area (Å²) in [7, 11) is 0. The first-order chi connectivity index (χ1) is 16.6. The van der Waals surface area contributed by atoms with Gasteiger partial charge in [0.2, 0.25) is 5.91 Å². The van der Waals surface area contributed by atoms with Crippen LogP contribution in [0.2, 0.25) is 0 Å². The topological polar surface area (TPSA) is 65.5 Å². The van der Waals surface area contributed by atoms with Crippen LogP contribution in [0.5, 0.6) is 0 Å². The molecule has 4 aliphatic rings. The molecule has 34 heavy (non-hydrogen) atoms. The molecule has 6 nitrogen and oxygen atoms in total. The van der Waals surface area contributed by atoms with E-state index < -0.39 is 0 Å². The molecule has 2 unspecified atom stereocenters. The van der Waals surface area contributed by atoms with Gasteiger partial charge >= 0.3 is 6.03 Å². The van der Waals surface area contributed by atoms with E-state index in [0.717, 1.165) is 56.5 Å². The van der Waals surface area contributed by atoms with Crippen LogP contribution >= 0.6 is 0 Å². The predicted octanol–water partition coefficient (Wildman–Crippen LogP) is 4.86. The molecule has 2 bridgehead atoms. The Hall–Kier alpha value is -2.89. The smallest absolute Gasteiger partial charge is 0.321 e. The number of pyridine rings is 1. The molecule has 3 heterocycles. The Bertz CT molecular complexity index is 1030. The van der Waals surface area contributed by atoms with E-state index in [0.29, 0.717) is 23.7 Å². The molecule has 4 fully saturated rings. The number of hydrogen-bond donors (Lipinski definition) is 1. The van der Waals surface area contributed by atoms with Crippen molar-refractivity contribution in [2.24, 2.45) is 17.8 Å². The molecule has 1 aromatic heterocycles. The number of carbonyl (C=O) groups excluding carboxylic acids is 2. The first-order valence-electron chi connectivity index (χ1n) is 13.0. The number of nitrogens with zero attached hydrogens (tertiary/aromatic N) is 3. The highest BCUT2D eigenvalue weighted by molar-refractivity contribution is 5.90. The number of urea groups is 1. The van der Waals surface area contributed by atoms with E-state index in [4.69, 9.17) is 0 Å². The van der Waals surface area contributed by atoms with Gasteiger partial charge in [-0.25, -0.2) is 4.79 Å². The van der Waals surface area contributed by atoms with Crippen LogP contribution in [0.4, 0.5) is 10.5 Å². The van der Waals surface area contributed by atoms with Crippen molar-refractivity contribution >= 4 is 17.6 Å². The Morgan fingerprint density at radius 1 is 0.912 bits per heavy atom. The zero-order valence-electron chi connectivity index (χ0n) is 19.7. The van der Waals surface area contributed by atoms with Crippen LogP contribution in [0, 0.1) is 17.8 Å². The number of amides is 3. The summed E-state index contributed by atoms with van der Waals surface area (Å²) in [6.45, 7) is 3.15. The number of likely N-dealkylation sites (tertiary alicyclic amines) is 2. The van der Waals surface area contributed by atoms with E-state index >= 15 is 0 Å². The average molecular weight is 459 g/mol. The molecule has 0 spiro atoms. The van der Waals surface area contributed by atoms with E-state index in [-0.39, 0.29) is 6.03 Å². The van der Waals surface area contributed by atoms with E-state index in [1.165, 1.54) is 36.8 Å². The van der Waals surface area contributed by atoms with Crippen molar-refractivity contribution in [3.05, 3.63) is 59.9 Å². The molecule has 1 N–H and O–H groups in total. The molecule has 6 rings (SSSR count). The predicted molar refractivity (Wildman–Crippen MR) is 132 cm³/mol. The van der Waals surface area contributed by atoms with Crippen LogP contribution in [-0.4, -0.2) is 52.9 Å². The van der Waals surface area contributed by atoms with Gasteiger partial charge in [-0.1, -0.05) is 24.6 Å². The average Bonchev–Trinajstić information content (AvgIpc) is 3.57. The van der Waals surface area contributed by atoms with Gasteiger partial charge in [0.05, 0.1) is 0 Å². The number of hydrogen-bond acceptors (Lipinski definition) is 3. The molecule has 2 saturated carbocycles. The minimum Gasteiger partial charge on any atom is -0.342 e. The van der Waals surface area contributed by atoms with Crippen LogP contribution in [0.25, 0.3) is 0 Å². The fourth-order valence-corrected chi connectivity index (χ4v) is 6.75. The maximum atomic E-state index is 12.9. The molecule has 2 aromatic rings. The number of carbonyl (C=O) groups is 2. The molecule has 4 atom stereocenters. The molecule has 2 saturated heterocycles. The van der Waals surface area contributed by atoms with E-state index in [9.17, 15) is 9.59 Å². The van der Waals surface area contributed by atoms with E-state index in [1.807, 2.05) is 29.3 Å². The van der Waals surface area contributed by atoms with E-state index in [2.05, 4.69) is 33.4 Å². The minimum atomic E-state index is -0.0499. The molecule has 2 aliphatic heterocycles. The minimum absolute atomic E-state index is 0.0499. The summed E-state index contributed by atoms with van der Waals surface area (Å²) in [5.41, 5.74) is 3.27. The first-order valence-corrected chi connectivity index (χ1v) is 13.0. The molecule has 3 amide bonds. The number of anilines is 1. The van der Waals surface area contributed by atoms with Crippen LogP contribution < -0.4 is 5.32 Å². The monoisotopic (exact) mass is 458 g/mol. The lowest BCUT2D eigenvalue weighted by atomic mass is 9.86. The quantitative estimate of drug-likeness (QED) is 0.696. The van der Waals surface area contributed by atoms with Gasteiger partial charge in [-0.05, 0) is 72.8 Å². The summed E-state index contributed by atoms with van der Waals surface area (Å²) >= 11 is 0. The molecular weight excluding hydrogens is 424 g/mol. The highest BCUT2D eigenvalue weighted by atomic mass is 16.2. The first kappa shape index (κ1) is 21.6. The van der Waals surface area contributed by atoms with Crippen molar-refractivity contribution in [1.82, 2.24) is 14.8 Å². The Balaban J connectivity index is 0.975. The third-order valence-electron chi connectivity index (χ3n) is 8.82. The fraction of sp³-hybridized carbons (Fsp3) is 0.536. The summed E-state index contributed by atoms with van der Waals surface area (Å²) in [5.74, 6) is 3.48. The summed E-state index contributed by atoms with van der Waals surface area (Å²) in [6, 6.07) is 12.2. The Labute approximate surface area is 201 Å². The molecular formula is C28H34N4O2. The van der Waals surface area contributed by atoms with Crippen LogP contribution in [0.3, 0.4) is 0 Å². The molecule has 0 radical (unpaired) electrons. The van der Waals surface area contributed by atoms with Gasteiger partial charge in [0.15, 0.2) is 0 Å². The Kier molecular flexibility index (Phi) is 5.75.